The topological polar surface area (TPSA) is 84.7 Å². The van der Waals surface area contributed by atoms with E-state index in [1.54, 1.807) is 29.2 Å². The molecule has 0 bridgehead atoms. The van der Waals surface area contributed by atoms with Gasteiger partial charge in [-0.15, -0.1) is 0 Å². The minimum absolute atomic E-state index is 0.0682. The molecule has 1 saturated heterocycles. The van der Waals surface area contributed by atoms with Crippen LogP contribution < -0.4 is 11.1 Å². The van der Waals surface area contributed by atoms with Gasteiger partial charge in [-0.25, -0.2) is 4.79 Å². The highest BCUT2D eigenvalue weighted by Gasteiger charge is 2.28. The first-order valence-corrected chi connectivity index (χ1v) is 7.89. The Morgan fingerprint density at radius 3 is 2.52 bits per heavy atom. The number of likely N-dealkylation sites (tertiary alicyclic amines) is 1. The zero-order chi connectivity index (χ0) is 17.0. The summed E-state index contributed by atoms with van der Waals surface area (Å²) in [7, 11) is 0. The molecule has 1 aromatic rings. The van der Waals surface area contributed by atoms with Gasteiger partial charge in [0.25, 0.3) is 5.91 Å². The molecule has 1 fully saturated rings. The predicted molar refractivity (Wildman–Crippen MR) is 89.1 cm³/mol. The number of carbonyl (C=O) groups is 2. The van der Waals surface area contributed by atoms with Gasteiger partial charge in [-0.05, 0) is 57.9 Å². The molecule has 6 heteroatoms. The molecule has 0 aliphatic carbocycles. The molecular weight excluding hydrogens is 294 g/mol. The van der Waals surface area contributed by atoms with E-state index in [4.69, 9.17) is 10.5 Å². The Hall–Kier alpha value is -2.24. The van der Waals surface area contributed by atoms with Crippen molar-refractivity contribution < 1.29 is 14.3 Å². The van der Waals surface area contributed by atoms with Gasteiger partial charge in [0, 0.05) is 30.4 Å². The number of hydrogen-bond acceptors (Lipinski definition) is 4. The molecule has 0 radical (unpaired) electrons. The van der Waals surface area contributed by atoms with Gasteiger partial charge in [0.15, 0.2) is 0 Å². The summed E-state index contributed by atoms with van der Waals surface area (Å²) in [4.78, 5) is 26.0. The lowest BCUT2D eigenvalue weighted by Gasteiger charge is -2.34. The van der Waals surface area contributed by atoms with Crippen LogP contribution in [0.25, 0.3) is 0 Å². The molecule has 0 spiro atoms. The fourth-order valence-electron chi connectivity index (χ4n) is 2.49. The molecule has 0 saturated carbocycles. The second-order valence-corrected chi connectivity index (χ2v) is 6.86. The quantitative estimate of drug-likeness (QED) is 0.820. The van der Waals surface area contributed by atoms with E-state index in [1.807, 2.05) is 20.8 Å². The van der Waals surface area contributed by atoms with Gasteiger partial charge in [0.1, 0.15) is 5.60 Å². The molecule has 2 amide bonds. The average Bonchev–Trinajstić information content (AvgIpc) is 2.46. The molecule has 0 aromatic heterocycles. The van der Waals surface area contributed by atoms with Crippen LogP contribution in [-0.2, 0) is 4.74 Å². The number of carbonyl (C=O) groups excluding carboxylic acids is 2. The number of amides is 2. The second-order valence-electron chi connectivity index (χ2n) is 6.86. The summed E-state index contributed by atoms with van der Waals surface area (Å²) >= 11 is 0. The molecule has 23 heavy (non-hydrogen) atoms. The molecule has 1 aliphatic rings. The zero-order valence-corrected chi connectivity index (χ0v) is 14.0. The number of nitrogen functional groups attached to an aromatic ring is 1. The Morgan fingerprint density at radius 1 is 1.26 bits per heavy atom. The maximum atomic E-state index is 12.2. The van der Waals surface area contributed by atoms with Gasteiger partial charge in [0.05, 0.1) is 0 Å². The van der Waals surface area contributed by atoms with Crippen molar-refractivity contribution in [3.8, 4) is 0 Å². The fourth-order valence-corrected chi connectivity index (χ4v) is 2.49. The highest BCUT2D eigenvalue weighted by atomic mass is 16.6. The van der Waals surface area contributed by atoms with Crippen LogP contribution >= 0.6 is 0 Å². The first-order chi connectivity index (χ1) is 10.7. The molecule has 1 heterocycles. The van der Waals surface area contributed by atoms with Crippen molar-refractivity contribution in [1.82, 2.24) is 10.2 Å². The number of rotatable bonds is 2. The van der Waals surface area contributed by atoms with Crippen LogP contribution in [0, 0.1) is 0 Å². The first-order valence-electron chi connectivity index (χ1n) is 7.89. The maximum absolute atomic E-state index is 12.2. The minimum Gasteiger partial charge on any atom is -0.444 e. The highest BCUT2D eigenvalue weighted by molar-refractivity contribution is 5.94. The lowest BCUT2D eigenvalue weighted by atomic mass is 10.1. The van der Waals surface area contributed by atoms with Crippen LogP contribution in [0.5, 0.6) is 0 Å². The fraction of sp³-hybridized carbons (Fsp3) is 0.529. The molecule has 6 nitrogen and oxygen atoms in total. The third kappa shape index (κ3) is 5.16. The lowest BCUT2D eigenvalue weighted by Crippen LogP contribution is -2.50. The molecule has 3 N–H and O–H groups in total. The molecule has 1 aliphatic heterocycles. The number of anilines is 1. The van der Waals surface area contributed by atoms with E-state index in [0.29, 0.717) is 24.3 Å². The summed E-state index contributed by atoms with van der Waals surface area (Å²) in [6, 6.07) is 6.71. The van der Waals surface area contributed by atoms with Gasteiger partial charge >= 0.3 is 6.09 Å². The van der Waals surface area contributed by atoms with Crippen LogP contribution in [0.3, 0.4) is 0 Å². The van der Waals surface area contributed by atoms with E-state index in [1.165, 1.54) is 0 Å². The third-order valence-corrected chi connectivity index (χ3v) is 3.58. The standard InChI is InChI=1S/C17H25N3O3/c1-17(2,3)23-16(22)20-10-4-5-14(11-20)19-15(21)12-6-8-13(18)9-7-12/h6-9,14H,4-5,10-11,18H2,1-3H3,(H,19,21). The Bertz CT molecular complexity index is 563. The Kier molecular flexibility index (Phi) is 5.13. The van der Waals surface area contributed by atoms with Gasteiger partial charge in [-0.3, -0.25) is 4.79 Å². The molecule has 126 valence electrons. The number of benzene rings is 1. The molecular formula is C17H25N3O3. The summed E-state index contributed by atoms with van der Waals surface area (Å²) < 4.78 is 5.39. The molecule has 2 rings (SSSR count). The highest BCUT2D eigenvalue weighted by Crippen LogP contribution is 2.16. The summed E-state index contributed by atoms with van der Waals surface area (Å²) in [5, 5.41) is 2.97. The largest absolute Gasteiger partial charge is 0.444 e. The third-order valence-electron chi connectivity index (χ3n) is 3.58. The van der Waals surface area contributed by atoms with Crippen molar-refractivity contribution in [2.45, 2.75) is 45.3 Å². The second kappa shape index (κ2) is 6.89. The SMILES string of the molecule is CC(C)(C)OC(=O)N1CCCC(NC(=O)c2ccc(N)cc2)C1. The van der Waals surface area contributed by atoms with Crippen LogP contribution in [0.2, 0.25) is 0 Å². The monoisotopic (exact) mass is 319 g/mol. The predicted octanol–water partition coefficient (Wildman–Crippen LogP) is 2.40. The average molecular weight is 319 g/mol. The Morgan fingerprint density at radius 2 is 1.91 bits per heavy atom. The van der Waals surface area contributed by atoms with Crippen molar-refractivity contribution in [2.75, 3.05) is 18.8 Å². The number of piperidine rings is 1. The van der Waals surface area contributed by atoms with Gasteiger partial charge in [-0.1, -0.05) is 0 Å². The van der Waals surface area contributed by atoms with E-state index >= 15 is 0 Å². The summed E-state index contributed by atoms with van der Waals surface area (Å²) in [5.41, 5.74) is 6.29. The smallest absolute Gasteiger partial charge is 0.410 e. The van der Waals surface area contributed by atoms with E-state index in [0.717, 1.165) is 12.8 Å². The van der Waals surface area contributed by atoms with Gasteiger partial charge in [-0.2, -0.15) is 0 Å². The number of hydrogen-bond donors (Lipinski definition) is 2. The van der Waals surface area contributed by atoms with Crippen LogP contribution in [0.4, 0.5) is 10.5 Å². The summed E-state index contributed by atoms with van der Waals surface area (Å²) in [6.07, 6.45) is 1.36. The van der Waals surface area contributed by atoms with Crippen molar-refractivity contribution in [3.63, 3.8) is 0 Å². The Labute approximate surface area is 137 Å². The van der Waals surface area contributed by atoms with E-state index in [2.05, 4.69) is 5.32 Å². The molecule has 1 aromatic carbocycles. The number of nitrogens with two attached hydrogens (primary N) is 1. The molecule has 1 unspecified atom stereocenters. The number of nitrogens with zero attached hydrogens (tertiary/aromatic N) is 1. The van der Waals surface area contributed by atoms with Crippen molar-refractivity contribution in [1.29, 1.82) is 0 Å². The zero-order valence-electron chi connectivity index (χ0n) is 14.0. The normalized spacial score (nSPS) is 18.4. The van der Waals surface area contributed by atoms with Crippen molar-refractivity contribution >= 4 is 17.7 Å². The van der Waals surface area contributed by atoms with Crippen LogP contribution in [0.1, 0.15) is 44.0 Å². The lowest BCUT2D eigenvalue weighted by molar-refractivity contribution is 0.0185. The van der Waals surface area contributed by atoms with Crippen LogP contribution in [-0.4, -0.2) is 41.6 Å². The Balaban J connectivity index is 1.92. The van der Waals surface area contributed by atoms with Crippen molar-refractivity contribution in [2.24, 2.45) is 0 Å². The van der Waals surface area contributed by atoms with E-state index in [-0.39, 0.29) is 18.0 Å². The summed E-state index contributed by atoms with van der Waals surface area (Å²) in [6.45, 7) is 6.65. The minimum atomic E-state index is -0.517. The van der Waals surface area contributed by atoms with Gasteiger partial charge < -0.3 is 20.7 Å². The van der Waals surface area contributed by atoms with E-state index in [9.17, 15) is 9.59 Å². The number of ether oxygens (including phenoxy) is 1. The van der Waals surface area contributed by atoms with Gasteiger partial charge in [0.2, 0.25) is 0 Å². The maximum Gasteiger partial charge on any atom is 0.410 e. The van der Waals surface area contributed by atoms with E-state index < -0.39 is 5.60 Å². The van der Waals surface area contributed by atoms with Crippen molar-refractivity contribution in [3.05, 3.63) is 29.8 Å². The molecule has 1 atom stereocenters. The number of nitrogens with one attached hydrogen (secondary N) is 1. The first kappa shape index (κ1) is 17.1. The summed E-state index contributed by atoms with van der Waals surface area (Å²) in [5.74, 6) is -0.152. The van der Waals surface area contributed by atoms with Crippen LogP contribution in [0.15, 0.2) is 24.3 Å².